The number of hydrogen-bond donors (Lipinski definition) is 0. The van der Waals surface area contributed by atoms with Crippen molar-refractivity contribution in [2.24, 2.45) is 5.92 Å². The quantitative estimate of drug-likeness (QED) is 0.826. The van der Waals surface area contributed by atoms with E-state index < -0.39 is 5.60 Å². The molecule has 1 amide bonds. The maximum Gasteiger partial charge on any atom is 0.410 e. The number of carbonyl (C=O) groups is 1. The lowest BCUT2D eigenvalue weighted by molar-refractivity contribution is -0.000877. The molecule has 0 radical (unpaired) electrons. The molecule has 1 aromatic rings. The Balaban J connectivity index is 1.77. The van der Waals surface area contributed by atoms with Gasteiger partial charge in [0, 0.05) is 17.6 Å². The third-order valence-electron chi connectivity index (χ3n) is 3.05. The predicted molar refractivity (Wildman–Crippen MR) is 79.1 cm³/mol. The first kappa shape index (κ1) is 14.4. The molecule has 0 saturated carbocycles. The molecule has 0 bridgehead atoms. The van der Waals surface area contributed by atoms with Crippen molar-refractivity contribution < 1.29 is 9.53 Å². The van der Waals surface area contributed by atoms with Crippen LogP contribution >= 0.6 is 15.9 Å². The van der Waals surface area contributed by atoms with Gasteiger partial charge in [-0.3, -0.25) is 0 Å². The lowest BCUT2D eigenvalue weighted by atomic mass is 9.93. The molecular weight excluding hydrogens is 306 g/mol. The molecule has 1 heterocycles. The molecule has 1 fully saturated rings. The summed E-state index contributed by atoms with van der Waals surface area (Å²) in [5.41, 5.74) is 0.908. The van der Waals surface area contributed by atoms with Crippen LogP contribution < -0.4 is 0 Å². The van der Waals surface area contributed by atoms with Crippen molar-refractivity contribution in [3.05, 3.63) is 34.3 Å². The van der Waals surface area contributed by atoms with E-state index in [1.807, 2.05) is 20.8 Å². The van der Waals surface area contributed by atoms with Crippen molar-refractivity contribution >= 4 is 22.0 Å². The number of halogens is 1. The van der Waals surface area contributed by atoms with Crippen LogP contribution in [-0.4, -0.2) is 29.7 Å². The van der Waals surface area contributed by atoms with Gasteiger partial charge in [0.2, 0.25) is 0 Å². The van der Waals surface area contributed by atoms with Crippen LogP contribution in [0.15, 0.2) is 28.7 Å². The fourth-order valence-electron chi connectivity index (χ4n) is 2.13. The summed E-state index contributed by atoms with van der Waals surface area (Å²) in [6, 6.07) is 8.36. The Hall–Kier alpha value is -1.03. The molecule has 0 aromatic heterocycles. The van der Waals surface area contributed by atoms with Gasteiger partial charge in [-0.25, -0.2) is 4.79 Å². The Morgan fingerprint density at radius 2 is 1.89 bits per heavy atom. The second-order valence-electron chi connectivity index (χ2n) is 6.08. The molecule has 19 heavy (non-hydrogen) atoms. The highest BCUT2D eigenvalue weighted by Gasteiger charge is 2.33. The van der Waals surface area contributed by atoms with E-state index in [0.29, 0.717) is 5.92 Å². The van der Waals surface area contributed by atoms with E-state index in [1.54, 1.807) is 4.90 Å². The molecule has 0 spiro atoms. The summed E-state index contributed by atoms with van der Waals surface area (Å²) in [5, 5.41) is 0. The highest BCUT2D eigenvalue weighted by atomic mass is 79.9. The average molecular weight is 326 g/mol. The average Bonchev–Trinajstić information content (AvgIpc) is 2.22. The molecular formula is C15H20BrNO2. The molecule has 1 aliphatic rings. The first-order valence-electron chi connectivity index (χ1n) is 6.56. The van der Waals surface area contributed by atoms with Crippen LogP contribution in [0, 0.1) is 5.92 Å². The Kier molecular flexibility index (Phi) is 4.19. The number of rotatable bonds is 2. The molecule has 3 nitrogen and oxygen atoms in total. The van der Waals surface area contributed by atoms with Gasteiger partial charge in [0.1, 0.15) is 5.60 Å². The predicted octanol–water partition coefficient (Wildman–Crippen LogP) is 3.86. The van der Waals surface area contributed by atoms with E-state index in [2.05, 4.69) is 40.2 Å². The molecule has 0 aliphatic carbocycles. The number of hydrogen-bond acceptors (Lipinski definition) is 2. The summed E-state index contributed by atoms with van der Waals surface area (Å²) >= 11 is 3.43. The Labute approximate surface area is 123 Å². The van der Waals surface area contributed by atoms with E-state index in [1.165, 1.54) is 5.56 Å². The maximum absolute atomic E-state index is 11.8. The number of amides is 1. The maximum atomic E-state index is 11.8. The standard InChI is InChI=1S/C15H20BrNO2/c1-15(2,3)19-14(18)17-9-12(10-17)8-11-4-6-13(16)7-5-11/h4-7,12H,8-10H2,1-3H3. The smallest absolute Gasteiger partial charge is 0.410 e. The van der Waals surface area contributed by atoms with Gasteiger partial charge >= 0.3 is 6.09 Å². The summed E-state index contributed by atoms with van der Waals surface area (Å²) < 4.78 is 6.43. The van der Waals surface area contributed by atoms with E-state index >= 15 is 0 Å². The second-order valence-corrected chi connectivity index (χ2v) is 7.00. The minimum Gasteiger partial charge on any atom is -0.444 e. The summed E-state index contributed by atoms with van der Waals surface area (Å²) in [5.74, 6) is 0.550. The first-order chi connectivity index (χ1) is 8.83. The lowest BCUT2D eigenvalue weighted by Crippen LogP contribution is -2.52. The van der Waals surface area contributed by atoms with E-state index in [-0.39, 0.29) is 6.09 Å². The number of ether oxygens (including phenoxy) is 1. The summed E-state index contributed by atoms with van der Waals surface area (Å²) in [6.45, 7) is 7.27. The van der Waals surface area contributed by atoms with Crippen molar-refractivity contribution in [1.82, 2.24) is 4.90 Å². The molecule has 2 rings (SSSR count). The minimum atomic E-state index is -0.409. The molecule has 1 saturated heterocycles. The lowest BCUT2D eigenvalue weighted by Gasteiger charge is -2.39. The van der Waals surface area contributed by atoms with Crippen LogP contribution in [0.1, 0.15) is 26.3 Å². The van der Waals surface area contributed by atoms with E-state index in [4.69, 9.17) is 4.74 Å². The van der Waals surface area contributed by atoms with Crippen molar-refractivity contribution in [2.75, 3.05) is 13.1 Å². The van der Waals surface area contributed by atoms with Crippen LogP contribution in [0.25, 0.3) is 0 Å². The van der Waals surface area contributed by atoms with Crippen molar-refractivity contribution in [3.63, 3.8) is 0 Å². The fraction of sp³-hybridized carbons (Fsp3) is 0.533. The molecule has 1 aliphatic heterocycles. The van der Waals surface area contributed by atoms with E-state index in [0.717, 1.165) is 24.0 Å². The van der Waals surface area contributed by atoms with Gasteiger partial charge in [0.25, 0.3) is 0 Å². The van der Waals surface area contributed by atoms with Gasteiger partial charge in [-0.05, 0) is 50.8 Å². The van der Waals surface area contributed by atoms with Gasteiger partial charge in [0.05, 0.1) is 0 Å². The number of nitrogens with zero attached hydrogens (tertiary/aromatic N) is 1. The van der Waals surface area contributed by atoms with Crippen LogP contribution in [0.2, 0.25) is 0 Å². The van der Waals surface area contributed by atoms with Crippen LogP contribution in [0.4, 0.5) is 4.79 Å². The summed E-state index contributed by atoms with van der Waals surface area (Å²) in [6.07, 6.45) is 0.826. The molecule has 0 atom stereocenters. The minimum absolute atomic E-state index is 0.195. The van der Waals surface area contributed by atoms with Gasteiger partial charge in [-0.2, -0.15) is 0 Å². The van der Waals surface area contributed by atoms with Crippen LogP contribution in [0.5, 0.6) is 0 Å². The van der Waals surface area contributed by atoms with Crippen LogP contribution in [0.3, 0.4) is 0 Å². The topological polar surface area (TPSA) is 29.5 Å². The zero-order valence-corrected chi connectivity index (χ0v) is 13.2. The fourth-order valence-corrected chi connectivity index (χ4v) is 2.39. The van der Waals surface area contributed by atoms with Crippen molar-refractivity contribution in [3.8, 4) is 0 Å². The first-order valence-corrected chi connectivity index (χ1v) is 7.35. The van der Waals surface area contributed by atoms with Crippen molar-refractivity contribution in [1.29, 1.82) is 0 Å². The molecule has 104 valence electrons. The largest absolute Gasteiger partial charge is 0.444 e. The SMILES string of the molecule is CC(C)(C)OC(=O)N1CC(Cc2ccc(Br)cc2)C1. The number of benzene rings is 1. The van der Waals surface area contributed by atoms with Gasteiger partial charge in [0.15, 0.2) is 0 Å². The summed E-state index contributed by atoms with van der Waals surface area (Å²) in [4.78, 5) is 13.6. The molecule has 4 heteroatoms. The highest BCUT2D eigenvalue weighted by molar-refractivity contribution is 9.10. The third-order valence-corrected chi connectivity index (χ3v) is 3.58. The number of carbonyl (C=O) groups excluding carboxylic acids is 1. The third kappa shape index (κ3) is 4.23. The number of likely N-dealkylation sites (tertiary alicyclic amines) is 1. The Morgan fingerprint density at radius 1 is 1.32 bits per heavy atom. The Morgan fingerprint density at radius 3 is 2.42 bits per heavy atom. The van der Waals surface area contributed by atoms with Gasteiger partial charge in [-0.15, -0.1) is 0 Å². The zero-order chi connectivity index (χ0) is 14.0. The second kappa shape index (κ2) is 5.53. The monoisotopic (exact) mass is 325 g/mol. The van der Waals surface area contributed by atoms with Gasteiger partial charge < -0.3 is 9.64 Å². The van der Waals surface area contributed by atoms with E-state index in [9.17, 15) is 4.79 Å². The van der Waals surface area contributed by atoms with Gasteiger partial charge in [-0.1, -0.05) is 28.1 Å². The Bertz CT molecular complexity index is 444. The molecule has 0 unspecified atom stereocenters. The highest BCUT2D eigenvalue weighted by Crippen LogP contribution is 2.23. The van der Waals surface area contributed by atoms with Crippen molar-refractivity contribution in [2.45, 2.75) is 32.8 Å². The summed E-state index contributed by atoms with van der Waals surface area (Å²) in [7, 11) is 0. The normalized spacial score (nSPS) is 16.1. The molecule has 1 aromatic carbocycles. The van der Waals surface area contributed by atoms with Crippen LogP contribution in [-0.2, 0) is 11.2 Å². The molecule has 0 N–H and O–H groups in total. The zero-order valence-electron chi connectivity index (χ0n) is 11.6.